The van der Waals surface area contributed by atoms with Crippen molar-refractivity contribution in [3.05, 3.63) is 59.7 Å². The zero-order chi connectivity index (χ0) is 32.2. The van der Waals surface area contributed by atoms with Gasteiger partial charge in [-0.3, -0.25) is 0 Å². The highest BCUT2D eigenvalue weighted by Crippen LogP contribution is 2.34. The maximum Gasteiger partial charge on any atom is 0.119 e. The van der Waals surface area contributed by atoms with Gasteiger partial charge in [-0.15, -0.1) is 46.4 Å². The third-order valence-corrected chi connectivity index (χ3v) is 8.45. The molecule has 10 heteroatoms. The molecule has 0 aliphatic heterocycles. The average Bonchev–Trinajstić information content (AvgIpc) is 3.04. The molecule has 0 aromatic heterocycles. The second kappa shape index (κ2) is 23.4. The Labute approximate surface area is 285 Å². The molecule has 0 saturated heterocycles. The molecule has 6 nitrogen and oxygen atoms in total. The number of aliphatic hydroxyl groups is 2. The molecule has 0 spiro atoms. The standard InChI is InChI=1S/C34H52Cl4N2O4/c1-3-23-43-31-11-7-27(8-12-31)33(41)29(25-39(19-15-35)20-16-36)5-6-30(26-40(21-17-37)22-18-38)34(42)28-9-13-32(14-10-28)44-24-4-2/h7-14,29-30,33-34,41-42H,3-6,15-26H2,1-2H3/t29-,30-,33-,34+/m1/s1. The SMILES string of the molecule is CCCOc1ccc([C@@H](O)[C@H](CC[C@H](CN(CCCl)CCCl)[C@@H](O)c2ccc(OCCC)cc2)CN(CCCl)CCCl)cc1. The van der Waals surface area contributed by atoms with Crippen LogP contribution in [-0.4, -0.2) is 96.0 Å². The van der Waals surface area contributed by atoms with Crippen LogP contribution in [0.15, 0.2) is 48.5 Å². The predicted octanol–water partition coefficient (Wildman–Crippen LogP) is 7.60. The van der Waals surface area contributed by atoms with Gasteiger partial charge < -0.3 is 29.5 Å². The highest BCUT2D eigenvalue weighted by atomic mass is 35.5. The van der Waals surface area contributed by atoms with E-state index in [0.29, 0.717) is 88.8 Å². The zero-order valence-electron chi connectivity index (χ0n) is 26.4. The Morgan fingerprint density at radius 3 is 1.16 bits per heavy atom. The van der Waals surface area contributed by atoms with Crippen molar-refractivity contribution in [2.24, 2.45) is 11.8 Å². The number of benzene rings is 2. The Morgan fingerprint density at radius 1 is 0.568 bits per heavy atom. The van der Waals surface area contributed by atoms with Crippen LogP contribution in [0.3, 0.4) is 0 Å². The van der Waals surface area contributed by atoms with Gasteiger partial charge in [0, 0.05) is 74.6 Å². The van der Waals surface area contributed by atoms with Gasteiger partial charge in [0.25, 0.3) is 0 Å². The Balaban J connectivity index is 2.32. The first-order valence-corrected chi connectivity index (χ1v) is 18.0. The van der Waals surface area contributed by atoms with Crippen LogP contribution in [0.1, 0.15) is 62.9 Å². The van der Waals surface area contributed by atoms with Gasteiger partial charge in [0.05, 0.1) is 25.4 Å². The molecule has 0 amide bonds. The summed E-state index contributed by atoms with van der Waals surface area (Å²) in [4.78, 5) is 4.42. The number of hydrogen-bond acceptors (Lipinski definition) is 6. The topological polar surface area (TPSA) is 65.4 Å². The number of alkyl halides is 4. The van der Waals surface area contributed by atoms with Gasteiger partial charge in [-0.2, -0.15) is 0 Å². The van der Waals surface area contributed by atoms with Crippen LogP contribution in [0.4, 0.5) is 0 Å². The van der Waals surface area contributed by atoms with Crippen molar-refractivity contribution >= 4 is 46.4 Å². The van der Waals surface area contributed by atoms with Crippen molar-refractivity contribution in [2.45, 2.75) is 51.7 Å². The highest BCUT2D eigenvalue weighted by Gasteiger charge is 2.29. The van der Waals surface area contributed by atoms with E-state index in [1.54, 1.807) is 0 Å². The maximum atomic E-state index is 11.7. The van der Waals surface area contributed by atoms with Crippen molar-refractivity contribution in [3.63, 3.8) is 0 Å². The molecule has 0 heterocycles. The number of hydrogen-bond donors (Lipinski definition) is 2. The lowest BCUT2D eigenvalue weighted by Gasteiger charge is -2.34. The minimum atomic E-state index is -0.710. The summed E-state index contributed by atoms with van der Waals surface area (Å²) in [5.41, 5.74) is 1.67. The number of aliphatic hydroxyl groups excluding tert-OH is 2. The smallest absolute Gasteiger partial charge is 0.119 e. The molecule has 2 aromatic rings. The fourth-order valence-electron chi connectivity index (χ4n) is 5.36. The number of ether oxygens (including phenoxy) is 2. The second-order valence-corrected chi connectivity index (χ2v) is 12.7. The summed E-state index contributed by atoms with van der Waals surface area (Å²) in [5, 5.41) is 23.4. The van der Waals surface area contributed by atoms with E-state index >= 15 is 0 Å². The number of halogens is 4. The van der Waals surface area contributed by atoms with Crippen molar-refractivity contribution in [3.8, 4) is 11.5 Å². The van der Waals surface area contributed by atoms with Gasteiger partial charge in [-0.25, -0.2) is 0 Å². The molecule has 44 heavy (non-hydrogen) atoms. The van der Waals surface area contributed by atoms with Crippen LogP contribution in [0.5, 0.6) is 11.5 Å². The van der Waals surface area contributed by atoms with Crippen molar-refractivity contribution in [1.82, 2.24) is 9.80 Å². The van der Waals surface area contributed by atoms with Crippen LogP contribution in [0.2, 0.25) is 0 Å². The summed E-state index contributed by atoms with van der Waals surface area (Å²) in [5.74, 6) is 3.28. The summed E-state index contributed by atoms with van der Waals surface area (Å²) in [6.07, 6.45) is 1.81. The molecule has 2 aromatic carbocycles. The van der Waals surface area contributed by atoms with E-state index < -0.39 is 12.2 Å². The largest absolute Gasteiger partial charge is 0.494 e. The minimum absolute atomic E-state index is 0.113. The monoisotopic (exact) mass is 692 g/mol. The van der Waals surface area contributed by atoms with E-state index in [1.807, 2.05) is 48.5 Å². The Hall–Kier alpha value is -0.960. The molecule has 0 aliphatic rings. The van der Waals surface area contributed by atoms with Crippen molar-refractivity contribution < 1.29 is 19.7 Å². The van der Waals surface area contributed by atoms with Gasteiger partial charge in [0.1, 0.15) is 11.5 Å². The molecule has 0 bridgehead atoms. The minimum Gasteiger partial charge on any atom is -0.494 e. The normalized spacial score (nSPS) is 14.5. The Kier molecular flexibility index (Phi) is 20.8. The van der Waals surface area contributed by atoms with Crippen molar-refractivity contribution in [1.29, 1.82) is 0 Å². The maximum absolute atomic E-state index is 11.7. The lowest BCUT2D eigenvalue weighted by Crippen LogP contribution is -2.37. The molecule has 4 atom stereocenters. The third kappa shape index (κ3) is 14.2. The summed E-state index contributed by atoms with van der Waals surface area (Å²) >= 11 is 24.5. The molecular formula is C34H52Cl4N2O4. The zero-order valence-corrected chi connectivity index (χ0v) is 29.4. The summed E-state index contributed by atoms with van der Waals surface area (Å²) in [6, 6.07) is 15.4. The predicted molar refractivity (Wildman–Crippen MR) is 186 cm³/mol. The first kappa shape index (κ1) is 39.2. The van der Waals surface area contributed by atoms with E-state index in [2.05, 4.69) is 23.6 Å². The first-order valence-electron chi connectivity index (χ1n) is 15.9. The molecular weight excluding hydrogens is 642 g/mol. The van der Waals surface area contributed by atoms with Crippen LogP contribution >= 0.6 is 46.4 Å². The summed E-state index contributed by atoms with van der Waals surface area (Å²) < 4.78 is 11.5. The highest BCUT2D eigenvalue weighted by molar-refractivity contribution is 6.18. The molecule has 2 N–H and O–H groups in total. The quantitative estimate of drug-likeness (QED) is 0.104. The van der Waals surface area contributed by atoms with E-state index in [0.717, 1.165) is 35.5 Å². The molecule has 2 rings (SSSR count). The number of rotatable bonds is 25. The average molecular weight is 695 g/mol. The molecule has 0 fully saturated rings. The van der Waals surface area contributed by atoms with Crippen LogP contribution in [-0.2, 0) is 0 Å². The molecule has 250 valence electrons. The molecule has 0 aliphatic carbocycles. The molecule has 0 radical (unpaired) electrons. The number of nitrogens with zero attached hydrogens (tertiary/aromatic N) is 2. The second-order valence-electron chi connectivity index (χ2n) is 11.2. The Morgan fingerprint density at radius 2 is 0.886 bits per heavy atom. The first-order chi connectivity index (χ1) is 21.4. The molecule has 0 saturated carbocycles. The van der Waals surface area contributed by atoms with Gasteiger partial charge >= 0.3 is 0 Å². The van der Waals surface area contributed by atoms with Gasteiger partial charge in [0.15, 0.2) is 0 Å². The lowest BCUT2D eigenvalue weighted by atomic mass is 9.84. The van der Waals surface area contributed by atoms with Gasteiger partial charge in [-0.1, -0.05) is 38.1 Å². The van der Waals surface area contributed by atoms with Crippen LogP contribution < -0.4 is 9.47 Å². The van der Waals surface area contributed by atoms with E-state index in [1.165, 1.54) is 0 Å². The van der Waals surface area contributed by atoms with Crippen LogP contribution in [0, 0.1) is 11.8 Å². The fraction of sp³-hybridized carbons (Fsp3) is 0.647. The fourth-order valence-corrected chi connectivity index (χ4v) is 6.32. The van der Waals surface area contributed by atoms with E-state index in [4.69, 9.17) is 55.9 Å². The molecule has 0 unspecified atom stereocenters. The van der Waals surface area contributed by atoms with Gasteiger partial charge in [0.2, 0.25) is 0 Å². The van der Waals surface area contributed by atoms with Crippen molar-refractivity contribution in [2.75, 3.05) is 76.0 Å². The summed E-state index contributed by atoms with van der Waals surface area (Å²) in [7, 11) is 0. The lowest BCUT2D eigenvalue weighted by molar-refractivity contribution is 0.0469. The third-order valence-electron chi connectivity index (χ3n) is 7.78. The summed E-state index contributed by atoms with van der Waals surface area (Å²) in [6.45, 7) is 9.43. The Bertz CT molecular complexity index is 895. The van der Waals surface area contributed by atoms with E-state index in [9.17, 15) is 10.2 Å². The van der Waals surface area contributed by atoms with Crippen LogP contribution in [0.25, 0.3) is 0 Å². The van der Waals surface area contributed by atoms with Gasteiger partial charge in [-0.05, 0) is 61.1 Å². The van der Waals surface area contributed by atoms with E-state index in [-0.39, 0.29) is 11.8 Å².